The van der Waals surface area contributed by atoms with Crippen LogP contribution in [0.5, 0.6) is 0 Å². The van der Waals surface area contributed by atoms with Crippen molar-refractivity contribution >= 4 is 12.9 Å². The van der Waals surface area contributed by atoms with Gasteiger partial charge in [0.05, 0.1) is 34.4 Å². The van der Waals surface area contributed by atoms with Crippen molar-refractivity contribution in [1.82, 2.24) is 20.0 Å². The van der Waals surface area contributed by atoms with E-state index in [9.17, 15) is 0 Å². The molecule has 0 radical (unpaired) electrons. The molecular weight excluding hydrogens is 549 g/mol. The number of nitrogens with two attached hydrogens (primary N) is 3. The lowest BCUT2D eigenvalue weighted by molar-refractivity contribution is -0.869. The number of nitrogens with zero attached hydrogens (tertiary/aromatic N) is 5. The van der Waals surface area contributed by atoms with Crippen molar-refractivity contribution in [2.24, 2.45) is 22.2 Å². The molecule has 2 saturated heterocycles. The van der Waals surface area contributed by atoms with Crippen LogP contribution >= 0.6 is 0 Å². The van der Waals surface area contributed by atoms with E-state index < -0.39 is 6.96 Å². The van der Waals surface area contributed by atoms with Crippen LogP contribution in [0.2, 0.25) is 0 Å². The Balaban J connectivity index is 1.77. The summed E-state index contributed by atoms with van der Waals surface area (Å²) < 4.78 is 25.7. The highest BCUT2D eigenvalue weighted by atomic mass is 16.9. The monoisotopic (exact) mass is 616 g/mol. The first-order chi connectivity index (χ1) is 20.6. The third kappa shape index (κ3) is 16.7. The van der Waals surface area contributed by atoms with Crippen LogP contribution in [-0.4, -0.2) is 165 Å². The van der Waals surface area contributed by atoms with Crippen LogP contribution in [0.15, 0.2) is 4.99 Å². The fraction of sp³-hybridized carbons (Fsp3) is 0.966. The maximum Gasteiger partial charge on any atom is 0.531 e. The molecule has 0 saturated carbocycles. The van der Waals surface area contributed by atoms with Crippen molar-refractivity contribution in [1.29, 1.82) is 0 Å². The van der Waals surface area contributed by atoms with Crippen LogP contribution in [0.1, 0.15) is 51.4 Å². The van der Waals surface area contributed by atoms with E-state index in [-0.39, 0.29) is 12.2 Å². The lowest BCUT2D eigenvalue weighted by Gasteiger charge is -2.33. The van der Waals surface area contributed by atoms with Crippen LogP contribution in [0.3, 0.4) is 0 Å². The largest absolute Gasteiger partial charge is 0.531 e. The van der Waals surface area contributed by atoms with E-state index in [2.05, 4.69) is 53.2 Å². The van der Waals surface area contributed by atoms with Gasteiger partial charge in [0.15, 0.2) is 5.96 Å². The van der Waals surface area contributed by atoms with Crippen molar-refractivity contribution in [3.8, 4) is 0 Å². The summed E-state index contributed by atoms with van der Waals surface area (Å²) in [5.41, 5.74) is 17.3. The third-order valence-corrected chi connectivity index (χ3v) is 8.02. The van der Waals surface area contributed by atoms with E-state index in [1.165, 1.54) is 32.1 Å². The third-order valence-electron chi connectivity index (χ3n) is 8.02. The number of rotatable bonds is 24. The normalized spacial score (nSPS) is 23.1. The van der Waals surface area contributed by atoms with Crippen LogP contribution in [0, 0.1) is 0 Å². The quantitative estimate of drug-likeness (QED) is 0.0291. The standard InChI is InChI=1S/C29H66BN9O4/c1-34-29(33)35-16-11-7-9-13-18-37(17-12-8-6-10-14-31)23-28-25-41-30(43-28)40-24-27(42-30)22-36(2)26-38(19-15-32)20-21-39(3,4)5/h27-28H,6-26,31-32H2,1-5H3,(H3,33,34,35). The first-order valence-corrected chi connectivity index (χ1v) is 16.6. The Morgan fingerprint density at radius 1 is 0.814 bits per heavy atom. The lowest BCUT2D eigenvalue weighted by atomic mass is 10.1. The molecular formula is C29H66BN9O4. The Hall–Kier alpha value is -1.07. The predicted octanol–water partition coefficient (Wildman–Crippen LogP) is 0.0246. The van der Waals surface area contributed by atoms with E-state index in [4.69, 9.17) is 35.8 Å². The van der Waals surface area contributed by atoms with Gasteiger partial charge < -0.3 is 50.5 Å². The minimum absolute atomic E-state index is 0.0587. The topological polar surface area (TPSA) is 149 Å². The SMILES string of the molecule is CN=C(N)NCCCCCCN(CCCCCCN)CC1CO[B-]2(OCC(CN(C)CN(CCN)CC[N+](C)(C)C)O2)O1. The van der Waals surface area contributed by atoms with Crippen LogP contribution < -0.4 is 22.5 Å². The highest BCUT2D eigenvalue weighted by molar-refractivity contribution is 6.54. The van der Waals surface area contributed by atoms with Crippen LogP contribution in [0.25, 0.3) is 0 Å². The van der Waals surface area contributed by atoms with Gasteiger partial charge in [0.2, 0.25) is 0 Å². The number of hydrogen-bond donors (Lipinski definition) is 4. The molecule has 0 aliphatic carbocycles. The molecule has 43 heavy (non-hydrogen) atoms. The molecule has 0 aromatic heterocycles. The summed E-state index contributed by atoms with van der Waals surface area (Å²) >= 11 is 0. The van der Waals surface area contributed by atoms with Gasteiger partial charge in [-0.15, -0.1) is 0 Å². The average molecular weight is 616 g/mol. The van der Waals surface area contributed by atoms with Gasteiger partial charge in [-0.05, 0) is 52.4 Å². The molecule has 0 aromatic carbocycles. The Morgan fingerprint density at radius 3 is 2.00 bits per heavy atom. The summed E-state index contributed by atoms with van der Waals surface area (Å²) in [5, 5.41) is 3.13. The molecule has 0 amide bonds. The zero-order chi connectivity index (χ0) is 31.6. The minimum atomic E-state index is -2.14. The lowest BCUT2D eigenvalue weighted by Crippen LogP contribution is -2.48. The average Bonchev–Trinajstić information content (AvgIpc) is 3.54. The highest BCUT2D eigenvalue weighted by Gasteiger charge is 2.47. The summed E-state index contributed by atoms with van der Waals surface area (Å²) in [6.45, 7) is 8.56. The molecule has 13 nitrogen and oxygen atoms in total. The molecule has 1 spiro atoms. The summed E-state index contributed by atoms with van der Waals surface area (Å²) in [6.07, 6.45) is 9.10. The summed E-state index contributed by atoms with van der Waals surface area (Å²) in [5.74, 6) is 0.507. The molecule has 2 rings (SSSR count). The number of unbranched alkanes of at least 4 members (excludes halogenated alkanes) is 6. The van der Waals surface area contributed by atoms with E-state index >= 15 is 0 Å². The Kier molecular flexibility index (Phi) is 18.5. The van der Waals surface area contributed by atoms with Crippen LogP contribution in [0.4, 0.5) is 0 Å². The molecule has 7 N–H and O–H groups in total. The van der Waals surface area contributed by atoms with Crippen molar-refractivity contribution in [3.63, 3.8) is 0 Å². The smallest absolute Gasteiger partial charge is 0.517 e. The fourth-order valence-electron chi connectivity index (χ4n) is 5.58. The van der Waals surface area contributed by atoms with Gasteiger partial charge in [0.25, 0.3) is 0 Å². The Labute approximate surface area is 262 Å². The first kappa shape index (κ1) is 38.1. The van der Waals surface area contributed by atoms with Gasteiger partial charge in [-0.25, -0.2) is 0 Å². The maximum absolute atomic E-state index is 6.34. The van der Waals surface area contributed by atoms with Crippen molar-refractivity contribution in [2.45, 2.75) is 63.6 Å². The molecule has 254 valence electrons. The summed E-state index contributed by atoms with van der Waals surface area (Å²) in [4.78, 5) is 11.1. The number of likely N-dealkylation sites (N-methyl/N-ethyl adjacent to an activating group) is 2. The number of guanidine groups is 1. The number of hydrogen-bond acceptors (Lipinski definition) is 10. The second-order valence-electron chi connectivity index (χ2n) is 13.3. The van der Waals surface area contributed by atoms with Gasteiger partial charge in [-0.3, -0.25) is 14.8 Å². The van der Waals surface area contributed by atoms with Gasteiger partial charge in [0.1, 0.15) is 0 Å². The summed E-state index contributed by atoms with van der Waals surface area (Å²) in [7, 11) is 10.5. The van der Waals surface area contributed by atoms with Gasteiger partial charge >= 0.3 is 6.96 Å². The van der Waals surface area contributed by atoms with Gasteiger partial charge in [0, 0.05) is 71.7 Å². The Bertz CT molecular complexity index is 764. The second kappa shape index (κ2) is 20.9. The molecule has 2 fully saturated rings. The minimum Gasteiger partial charge on any atom is -0.517 e. The fourth-order valence-corrected chi connectivity index (χ4v) is 5.58. The van der Waals surface area contributed by atoms with E-state index in [0.29, 0.717) is 25.7 Å². The molecule has 3 atom stereocenters. The van der Waals surface area contributed by atoms with Crippen LogP contribution in [-0.2, 0) is 18.6 Å². The maximum atomic E-state index is 6.34. The molecule has 2 aliphatic heterocycles. The first-order valence-electron chi connectivity index (χ1n) is 16.6. The summed E-state index contributed by atoms with van der Waals surface area (Å²) in [6, 6.07) is 0. The number of aliphatic imine (C=N–C) groups is 1. The van der Waals surface area contributed by atoms with Gasteiger partial charge in [-0.2, -0.15) is 0 Å². The number of quaternary nitrogens is 1. The van der Waals surface area contributed by atoms with Crippen molar-refractivity contribution < 1.29 is 23.1 Å². The Morgan fingerprint density at radius 2 is 1.42 bits per heavy atom. The van der Waals surface area contributed by atoms with E-state index in [1.54, 1.807) is 7.05 Å². The van der Waals surface area contributed by atoms with Gasteiger partial charge in [-0.1, -0.05) is 25.7 Å². The molecule has 2 aliphatic rings. The molecule has 0 aromatic rings. The molecule has 0 bridgehead atoms. The number of nitrogens with one attached hydrogen (secondary N) is 1. The zero-order valence-electron chi connectivity index (χ0n) is 28.2. The van der Waals surface area contributed by atoms with Crippen molar-refractivity contribution in [2.75, 3.05) is 121 Å². The molecule has 3 unspecified atom stereocenters. The zero-order valence-corrected chi connectivity index (χ0v) is 28.2. The predicted molar refractivity (Wildman–Crippen MR) is 176 cm³/mol. The molecule has 2 heterocycles. The highest BCUT2D eigenvalue weighted by Crippen LogP contribution is 2.29. The molecule has 14 heteroatoms. The van der Waals surface area contributed by atoms with E-state index in [0.717, 1.165) is 89.3 Å². The van der Waals surface area contributed by atoms with Crippen molar-refractivity contribution in [3.05, 3.63) is 0 Å². The second-order valence-corrected chi connectivity index (χ2v) is 13.3. The van der Waals surface area contributed by atoms with E-state index in [1.807, 2.05) is 0 Å².